The van der Waals surface area contributed by atoms with Crippen molar-refractivity contribution in [1.29, 1.82) is 10.5 Å². The van der Waals surface area contributed by atoms with Crippen LogP contribution in [0.15, 0.2) is 194 Å². The van der Waals surface area contributed by atoms with Crippen molar-refractivity contribution in [1.82, 2.24) is 0 Å². The molecule has 0 bridgehead atoms. The fourth-order valence-electron chi connectivity index (χ4n) is 11.4. The van der Waals surface area contributed by atoms with E-state index < -0.39 is 0 Å². The third-order valence-electron chi connectivity index (χ3n) is 14.0. The second-order valence-corrected chi connectivity index (χ2v) is 17.4. The van der Waals surface area contributed by atoms with Crippen molar-refractivity contribution in [3.05, 3.63) is 228 Å². The van der Waals surface area contributed by atoms with Gasteiger partial charge < -0.3 is 0 Å². The highest BCUT2D eigenvalue weighted by atomic mass is 14.7. The Bertz CT molecular complexity index is 4100. The van der Waals surface area contributed by atoms with Crippen LogP contribution in [0, 0.1) is 35.8 Å². The van der Waals surface area contributed by atoms with Crippen LogP contribution in [-0.4, -0.2) is 0 Å². The zero-order chi connectivity index (χ0) is 45.6. The third kappa shape index (κ3) is 5.32. The highest BCUT2D eigenvalue weighted by Gasteiger charge is 2.38. The average Bonchev–Trinajstić information content (AvgIpc) is 3.91. The molecule has 0 unspecified atom stereocenters. The zero-order valence-electron chi connectivity index (χ0n) is 36.3. The monoisotopic (exact) mass is 856 g/mol. The number of fused-ring (bicyclic) bond motifs is 8. The minimum Gasteiger partial charge on any atom is -0.238 e. The zero-order valence-corrected chi connectivity index (χ0v) is 36.3. The Balaban J connectivity index is 1.23. The first-order valence-electron chi connectivity index (χ1n) is 22.4. The summed E-state index contributed by atoms with van der Waals surface area (Å²) in [7, 11) is 0. The van der Waals surface area contributed by atoms with E-state index in [2.05, 4.69) is 167 Å². The van der Waals surface area contributed by atoms with E-state index in [0.717, 1.165) is 88.3 Å². The maximum atomic E-state index is 10.3. The van der Waals surface area contributed by atoms with E-state index in [1.807, 2.05) is 24.3 Å². The number of nitrogens with zero attached hydrogens (tertiary/aromatic N) is 4. The summed E-state index contributed by atoms with van der Waals surface area (Å²) in [6, 6.07) is 71.5. The van der Waals surface area contributed by atoms with Gasteiger partial charge in [-0.05, 0) is 145 Å². The van der Waals surface area contributed by atoms with Crippen LogP contribution >= 0.6 is 0 Å². The molecule has 2 aliphatic carbocycles. The summed E-state index contributed by atoms with van der Waals surface area (Å²) in [5.41, 5.74) is 20.4. The van der Waals surface area contributed by atoms with E-state index in [9.17, 15) is 10.5 Å². The molecule has 0 amide bonds. The van der Waals surface area contributed by atoms with Crippen LogP contribution in [0.25, 0.3) is 142 Å². The van der Waals surface area contributed by atoms with Gasteiger partial charge >= 0.3 is 0 Å². The Hall–Kier alpha value is -9.84. The highest BCUT2D eigenvalue weighted by molar-refractivity contribution is 6.36. The van der Waals surface area contributed by atoms with Crippen LogP contribution in [0.2, 0.25) is 0 Å². The number of hydrogen-bond donors (Lipinski definition) is 0. The lowest BCUT2D eigenvalue weighted by Crippen LogP contribution is -1.95. The van der Waals surface area contributed by atoms with E-state index in [-0.39, 0.29) is 0 Å². The summed E-state index contributed by atoms with van der Waals surface area (Å²) < 4.78 is 0. The van der Waals surface area contributed by atoms with Crippen LogP contribution < -0.4 is 0 Å². The van der Waals surface area contributed by atoms with Crippen molar-refractivity contribution in [3.8, 4) is 112 Å². The second-order valence-electron chi connectivity index (χ2n) is 17.4. The minimum absolute atomic E-state index is 0.444. The fraction of sp³-hybridized carbons (Fsp3) is 0. The average molecular weight is 857 g/mol. The quantitative estimate of drug-likeness (QED) is 0.162. The second kappa shape index (κ2) is 14.9. The molecule has 2 aliphatic rings. The molecule has 0 saturated carbocycles. The molecule has 0 fully saturated rings. The first-order valence-corrected chi connectivity index (χ1v) is 22.4. The van der Waals surface area contributed by atoms with E-state index >= 15 is 0 Å². The summed E-state index contributed by atoms with van der Waals surface area (Å²) in [5.74, 6) is 0. The Morgan fingerprint density at radius 1 is 0.294 bits per heavy atom. The van der Waals surface area contributed by atoms with Gasteiger partial charge in [-0.15, -0.1) is 0 Å². The van der Waals surface area contributed by atoms with Crippen molar-refractivity contribution in [3.63, 3.8) is 0 Å². The molecule has 11 aromatic carbocycles. The van der Waals surface area contributed by atoms with E-state index in [0.29, 0.717) is 33.6 Å². The molecule has 0 atom stereocenters. The first-order chi connectivity index (χ1) is 33.6. The van der Waals surface area contributed by atoms with Crippen molar-refractivity contribution < 1.29 is 0 Å². The summed E-state index contributed by atoms with van der Waals surface area (Å²) in [6.07, 6.45) is 0. The summed E-state index contributed by atoms with van der Waals surface area (Å²) in [4.78, 5) is 8.09. The molecule has 13 rings (SSSR count). The van der Waals surface area contributed by atoms with Crippen LogP contribution in [0.3, 0.4) is 0 Å². The lowest BCUT2D eigenvalue weighted by molar-refractivity contribution is 1.48. The molecule has 68 heavy (non-hydrogen) atoms. The van der Waals surface area contributed by atoms with Crippen molar-refractivity contribution in [2.75, 3.05) is 0 Å². The Morgan fingerprint density at radius 2 is 0.647 bits per heavy atom. The highest BCUT2D eigenvalue weighted by Crippen LogP contribution is 2.65. The van der Waals surface area contributed by atoms with Gasteiger partial charge in [0.1, 0.15) is 0 Å². The van der Waals surface area contributed by atoms with Crippen molar-refractivity contribution in [2.24, 2.45) is 0 Å². The lowest BCUT2D eigenvalue weighted by atomic mass is 9.80. The molecule has 0 heterocycles. The van der Waals surface area contributed by atoms with Gasteiger partial charge in [0.25, 0.3) is 0 Å². The molecular formula is C64H32N4. The van der Waals surface area contributed by atoms with Gasteiger partial charge in [-0.2, -0.15) is 10.5 Å². The molecule has 0 N–H and O–H groups in total. The van der Waals surface area contributed by atoms with Gasteiger partial charge in [0.15, 0.2) is 11.4 Å². The standard InChI is InChI=1S/C64H32N4/c1-67-53-31-25-37(35-65)33-51(53)57-45-23-13-14-24-46(45)58(52-34-38(36-66)26-32-54(52)68-2)64-50-30-29-48-59-47(27-28-49(60(50)59)63(57)64)61-55(40-17-7-4-8-18-40)43-21-11-12-22-44(43)56(62(48)61)42-20-10-9-19-41(42)39-15-5-3-6-16-39/h3-34H. The number of rotatable bonds is 5. The third-order valence-corrected chi connectivity index (χ3v) is 14.0. The molecule has 0 radical (unpaired) electrons. The Labute approximate surface area is 392 Å². The first kappa shape index (κ1) is 38.6. The molecule has 0 saturated heterocycles. The lowest BCUT2D eigenvalue weighted by Gasteiger charge is -2.22. The van der Waals surface area contributed by atoms with Gasteiger partial charge in [-0.3, -0.25) is 0 Å². The molecule has 0 aliphatic heterocycles. The molecular weight excluding hydrogens is 825 g/mol. The molecule has 0 spiro atoms. The van der Waals surface area contributed by atoms with Crippen LogP contribution in [0.5, 0.6) is 0 Å². The van der Waals surface area contributed by atoms with Gasteiger partial charge in [0.05, 0.1) is 36.4 Å². The van der Waals surface area contributed by atoms with Crippen molar-refractivity contribution >= 4 is 43.7 Å². The molecule has 0 aromatic heterocycles. The smallest absolute Gasteiger partial charge is 0.195 e. The number of nitriles is 2. The minimum atomic E-state index is 0.444. The predicted octanol–water partition coefficient (Wildman–Crippen LogP) is 17.6. The topological polar surface area (TPSA) is 56.3 Å². The van der Waals surface area contributed by atoms with Crippen molar-refractivity contribution in [2.45, 2.75) is 0 Å². The normalized spacial score (nSPS) is 11.5. The van der Waals surface area contributed by atoms with E-state index in [1.165, 1.54) is 33.0 Å². The Kier molecular flexibility index (Phi) is 8.43. The largest absolute Gasteiger partial charge is 0.238 e. The Morgan fingerprint density at radius 3 is 1.07 bits per heavy atom. The molecule has 308 valence electrons. The predicted molar refractivity (Wildman–Crippen MR) is 277 cm³/mol. The molecule has 11 aromatic rings. The fourth-order valence-corrected chi connectivity index (χ4v) is 11.4. The number of benzene rings is 11. The van der Waals surface area contributed by atoms with E-state index in [1.54, 1.807) is 24.3 Å². The maximum absolute atomic E-state index is 10.3. The molecule has 4 nitrogen and oxygen atoms in total. The summed E-state index contributed by atoms with van der Waals surface area (Å²) in [6.45, 7) is 16.8. The summed E-state index contributed by atoms with van der Waals surface area (Å²) >= 11 is 0. The van der Waals surface area contributed by atoms with Gasteiger partial charge in [-0.25, -0.2) is 9.69 Å². The maximum Gasteiger partial charge on any atom is 0.195 e. The molecule has 4 heteroatoms. The van der Waals surface area contributed by atoms with Crippen LogP contribution in [-0.2, 0) is 0 Å². The van der Waals surface area contributed by atoms with Gasteiger partial charge in [0.2, 0.25) is 0 Å². The van der Waals surface area contributed by atoms with Gasteiger partial charge in [-0.1, -0.05) is 182 Å². The van der Waals surface area contributed by atoms with Crippen LogP contribution in [0.4, 0.5) is 11.4 Å². The summed E-state index contributed by atoms with van der Waals surface area (Å²) in [5, 5.41) is 26.9. The van der Waals surface area contributed by atoms with Crippen LogP contribution in [0.1, 0.15) is 11.1 Å². The van der Waals surface area contributed by atoms with E-state index in [4.69, 9.17) is 13.1 Å². The van der Waals surface area contributed by atoms with Gasteiger partial charge in [0, 0.05) is 0 Å². The number of hydrogen-bond acceptors (Lipinski definition) is 2. The SMILES string of the molecule is [C-]#[N+]c1ccc(C#N)cc1-c1c2c(c(-c3cc(C#N)ccc3[N+]#[C-])c3ccccc13)-c1ccc3c4c(ccc-2c14)-c1c-3c(-c2ccccc2-c2ccccc2)c2ccccc2c1-c1ccccc1.